The summed E-state index contributed by atoms with van der Waals surface area (Å²) in [5, 5.41) is 6.78. The topological polar surface area (TPSA) is 24.1 Å². The molecule has 0 aromatic heterocycles. The highest BCUT2D eigenvalue weighted by molar-refractivity contribution is 7.80. The van der Waals surface area contributed by atoms with Gasteiger partial charge in [-0.3, -0.25) is 0 Å². The van der Waals surface area contributed by atoms with Crippen LogP contribution in [0.3, 0.4) is 0 Å². The molecule has 0 amide bonds. The first kappa shape index (κ1) is 15.0. The number of aryl methyl sites for hydroxylation is 2. The Balaban J connectivity index is 1.73. The minimum absolute atomic E-state index is 0.232. The number of hydrogen-bond acceptors (Lipinski definition) is 1. The number of anilines is 2. The summed E-state index contributed by atoms with van der Waals surface area (Å²) in [6, 6.07) is 11.3. The fourth-order valence-corrected chi connectivity index (χ4v) is 3.08. The first-order valence-corrected chi connectivity index (χ1v) is 7.99. The lowest BCUT2D eigenvalue weighted by molar-refractivity contribution is 0.619. The summed E-state index contributed by atoms with van der Waals surface area (Å²) in [7, 11) is 0. The SMILES string of the molecule is Cc1ccc(NC(=S)Nc2cccc3c2CCCC3)cc1F. The summed E-state index contributed by atoms with van der Waals surface area (Å²) in [5.74, 6) is -0.232. The van der Waals surface area contributed by atoms with Crippen molar-refractivity contribution in [2.75, 3.05) is 10.6 Å². The molecule has 4 heteroatoms. The van der Waals surface area contributed by atoms with Gasteiger partial charge in [0.1, 0.15) is 5.82 Å². The maximum absolute atomic E-state index is 13.6. The van der Waals surface area contributed by atoms with Crippen molar-refractivity contribution in [1.29, 1.82) is 0 Å². The Morgan fingerprint density at radius 2 is 1.91 bits per heavy atom. The number of fused-ring (bicyclic) bond motifs is 1. The van der Waals surface area contributed by atoms with Crippen LogP contribution < -0.4 is 10.6 Å². The molecular weight excluding hydrogens is 295 g/mol. The first-order valence-electron chi connectivity index (χ1n) is 7.58. The molecule has 2 N–H and O–H groups in total. The second-order valence-electron chi connectivity index (χ2n) is 5.69. The largest absolute Gasteiger partial charge is 0.332 e. The normalized spacial score (nSPS) is 13.4. The number of nitrogens with one attached hydrogen (secondary N) is 2. The molecule has 2 nitrogen and oxygen atoms in total. The van der Waals surface area contributed by atoms with Crippen molar-refractivity contribution < 1.29 is 4.39 Å². The van der Waals surface area contributed by atoms with E-state index in [0.717, 1.165) is 18.5 Å². The molecule has 0 atom stereocenters. The van der Waals surface area contributed by atoms with E-state index in [0.29, 0.717) is 16.4 Å². The maximum atomic E-state index is 13.6. The zero-order valence-electron chi connectivity index (χ0n) is 12.6. The van der Waals surface area contributed by atoms with Gasteiger partial charge in [-0.25, -0.2) is 4.39 Å². The van der Waals surface area contributed by atoms with E-state index in [1.807, 2.05) is 12.1 Å². The zero-order chi connectivity index (χ0) is 15.5. The minimum atomic E-state index is -0.232. The molecule has 1 aliphatic rings. The Hall–Kier alpha value is -1.94. The van der Waals surface area contributed by atoms with Crippen molar-refractivity contribution in [1.82, 2.24) is 0 Å². The monoisotopic (exact) mass is 314 g/mol. The van der Waals surface area contributed by atoms with E-state index in [2.05, 4.69) is 22.8 Å². The first-order chi connectivity index (χ1) is 10.6. The summed E-state index contributed by atoms with van der Waals surface area (Å²) >= 11 is 5.35. The fourth-order valence-electron chi connectivity index (χ4n) is 2.85. The Morgan fingerprint density at radius 3 is 2.73 bits per heavy atom. The molecule has 0 radical (unpaired) electrons. The molecule has 0 bridgehead atoms. The van der Waals surface area contributed by atoms with Crippen molar-refractivity contribution in [3.05, 3.63) is 58.9 Å². The lowest BCUT2D eigenvalue weighted by Gasteiger charge is -2.20. The molecule has 114 valence electrons. The highest BCUT2D eigenvalue weighted by Gasteiger charge is 2.13. The van der Waals surface area contributed by atoms with Gasteiger partial charge in [-0.1, -0.05) is 18.2 Å². The number of rotatable bonds is 2. The van der Waals surface area contributed by atoms with Crippen LogP contribution in [0, 0.1) is 12.7 Å². The molecule has 1 aliphatic carbocycles. The van der Waals surface area contributed by atoms with Crippen molar-refractivity contribution in [3.63, 3.8) is 0 Å². The molecule has 22 heavy (non-hydrogen) atoms. The van der Waals surface area contributed by atoms with Crippen molar-refractivity contribution in [3.8, 4) is 0 Å². The number of hydrogen-bond donors (Lipinski definition) is 2. The van der Waals surface area contributed by atoms with E-state index in [1.54, 1.807) is 13.0 Å². The molecule has 2 aromatic rings. The highest BCUT2D eigenvalue weighted by Crippen LogP contribution is 2.28. The van der Waals surface area contributed by atoms with Crippen LogP contribution >= 0.6 is 12.2 Å². The molecule has 0 spiro atoms. The Morgan fingerprint density at radius 1 is 1.09 bits per heavy atom. The van der Waals surface area contributed by atoms with E-state index in [-0.39, 0.29) is 5.82 Å². The third-order valence-corrected chi connectivity index (χ3v) is 4.28. The third kappa shape index (κ3) is 3.28. The van der Waals surface area contributed by atoms with Crippen LogP contribution in [-0.4, -0.2) is 5.11 Å². The zero-order valence-corrected chi connectivity index (χ0v) is 13.4. The average Bonchev–Trinajstić information content (AvgIpc) is 2.51. The molecule has 0 saturated heterocycles. The van der Waals surface area contributed by atoms with Crippen LogP contribution in [0.25, 0.3) is 0 Å². The van der Waals surface area contributed by atoms with Crippen molar-refractivity contribution >= 4 is 28.7 Å². The van der Waals surface area contributed by atoms with Gasteiger partial charge in [0.2, 0.25) is 0 Å². The summed E-state index contributed by atoms with van der Waals surface area (Å²) in [4.78, 5) is 0. The van der Waals surface area contributed by atoms with Crippen molar-refractivity contribution in [2.45, 2.75) is 32.6 Å². The quantitative estimate of drug-likeness (QED) is 0.777. The van der Waals surface area contributed by atoms with Crippen LogP contribution in [0.4, 0.5) is 15.8 Å². The number of halogens is 1. The number of benzene rings is 2. The van der Waals surface area contributed by atoms with Gasteiger partial charge < -0.3 is 10.6 Å². The van der Waals surface area contributed by atoms with Gasteiger partial charge >= 0.3 is 0 Å². The molecular formula is C18H19FN2S. The molecule has 3 rings (SSSR count). The fraction of sp³-hybridized carbons (Fsp3) is 0.278. The number of thiocarbonyl (C=S) groups is 1. The van der Waals surface area contributed by atoms with E-state index >= 15 is 0 Å². The Kier molecular flexibility index (Phi) is 4.39. The Labute approximate surface area is 135 Å². The van der Waals surface area contributed by atoms with Gasteiger partial charge in [0.05, 0.1) is 0 Å². The van der Waals surface area contributed by atoms with Crippen LogP contribution in [-0.2, 0) is 12.8 Å². The predicted molar refractivity (Wildman–Crippen MR) is 94.1 cm³/mol. The maximum Gasteiger partial charge on any atom is 0.175 e. The minimum Gasteiger partial charge on any atom is -0.332 e. The van der Waals surface area contributed by atoms with Gasteiger partial charge in [0.15, 0.2) is 5.11 Å². The van der Waals surface area contributed by atoms with Crippen LogP contribution in [0.15, 0.2) is 36.4 Å². The lowest BCUT2D eigenvalue weighted by Crippen LogP contribution is -2.21. The third-order valence-electron chi connectivity index (χ3n) is 4.07. The van der Waals surface area contributed by atoms with Gasteiger partial charge in [-0.05, 0) is 79.7 Å². The average molecular weight is 314 g/mol. The molecule has 0 heterocycles. The highest BCUT2D eigenvalue weighted by atomic mass is 32.1. The smallest absolute Gasteiger partial charge is 0.175 e. The van der Waals surface area contributed by atoms with Crippen LogP contribution in [0.5, 0.6) is 0 Å². The van der Waals surface area contributed by atoms with E-state index in [4.69, 9.17) is 12.2 Å². The molecule has 0 aliphatic heterocycles. The van der Waals surface area contributed by atoms with Gasteiger partial charge in [0, 0.05) is 11.4 Å². The Bertz CT molecular complexity index is 712. The van der Waals surface area contributed by atoms with Gasteiger partial charge in [0.25, 0.3) is 0 Å². The van der Waals surface area contributed by atoms with Crippen LogP contribution in [0.1, 0.15) is 29.5 Å². The van der Waals surface area contributed by atoms with E-state index in [1.165, 1.54) is 30.0 Å². The summed E-state index contributed by atoms with van der Waals surface area (Å²) in [6.07, 6.45) is 4.69. The summed E-state index contributed by atoms with van der Waals surface area (Å²) < 4.78 is 13.6. The summed E-state index contributed by atoms with van der Waals surface area (Å²) in [5.41, 5.74) is 5.10. The molecule has 0 saturated carbocycles. The van der Waals surface area contributed by atoms with Crippen LogP contribution in [0.2, 0.25) is 0 Å². The molecule has 0 unspecified atom stereocenters. The standard InChI is InChI=1S/C18H19FN2S/c1-12-9-10-14(11-16(12)19)20-18(22)21-17-8-4-6-13-5-2-3-7-15(13)17/h4,6,8-11H,2-3,5,7H2,1H3,(H2,20,21,22). The predicted octanol–water partition coefficient (Wildman–Crippen LogP) is 4.82. The van der Waals surface area contributed by atoms with E-state index in [9.17, 15) is 4.39 Å². The van der Waals surface area contributed by atoms with E-state index < -0.39 is 0 Å². The molecule has 2 aromatic carbocycles. The lowest BCUT2D eigenvalue weighted by atomic mass is 9.90. The summed E-state index contributed by atoms with van der Waals surface area (Å²) in [6.45, 7) is 1.74. The second kappa shape index (κ2) is 6.44. The second-order valence-corrected chi connectivity index (χ2v) is 6.10. The van der Waals surface area contributed by atoms with Gasteiger partial charge in [-0.15, -0.1) is 0 Å². The van der Waals surface area contributed by atoms with Crippen molar-refractivity contribution in [2.24, 2.45) is 0 Å². The molecule has 0 fully saturated rings. The van der Waals surface area contributed by atoms with Gasteiger partial charge in [-0.2, -0.15) is 0 Å².